The van der Waals surface area contributed by atoms with E-state index < -0.39 is 17.7 Å². The fraction of sp³-hybridized carbons (Fsp3) is 0.200. The minimum Gasteiger partial charge on any atom is -0.391 e. The number of nitrogens with one attached hydrogen (secondary N) is 1. The number of anilines is 2. The predicted octanol–water partition coefficient (Wildman–Crippen LogP) is 3.60. The fourth-order valence-corrected chi connectivity index (χ4v) is 3.04. The van der Waals surface area contributed by atoms with Crippen LogP contribution in [0.4, 0.5) is 20.2 Å². The minimum atomic E-state index is -0.669. The molecular weight excluding hydrogens is 378 g/mol. The van der Waals surface area contributed by atoms with Gasteiger partial charge in [-0.2, -0.15) is 5.10 Å². The summed E-state index contributed by atoms with van der Waals surface area (Å²) >= 11 is 0. The van der Waals surface area contributed by atoms with Gasteiger partial charge in [0.1, 0.15) is 22.4 Å². The quantitative estimate of drug-likeness (QED) is 0.536. The fourth-order valence-electron chi connectivity index (χ4n) is 3.04. The van der Waals surface area contributed by atoms with Gasteiger partial charge in [0.2, 0.25) is 0 Å². The average molecular weight is 396 g/mol. The summed E-state index contributed by atoms with van der Waals surface area (Å²) in [6.07, 6.45) is 3.43. The van der Waals surface area contributed by atoms with Crippen LogP contribution in [0.15, 0.2) is 42.9 Å². The molecule has 1 atom stereocenters. The van der Waals surface area contributed by atoms with E-state index in [-0.39, 0.29) is 17.9 Å². The number of nitrogens with zero attached hydrogens (tertiary/aromatic N) is 5. The summed E-state index contributed by atoms with van der Waals surface area (Å²) in [6, 6.07) is 6.14. The summed E-state index contributed by atoms with van der Waals surface area (Å²) in [5.74, 6) is -1.07. The molecule has 0 saturated heterocycles. The molecule has 148 valence electrons. The van der Waals surface area contributed by atoms with E-state index in [2.05, 4.69) is 25.4 Å². The molecule has 1 unspecified atom stereocenters. The molecule has 2 N–H and O–H groups in total. The lowest BCUT2D eigenvalue weighted by atomic mass is 10.2. The highest BCUT2D eigenvalue weighted by atomic mass is 19.1. The van der Waals surface area contributed by atoms with Gasteiger partial charge in [-0.25, -0.2) is 18.7 Å². The molecule has 0 aliphatic rings. The van der Waals surface area contributed by atoms with E-state index in [0.717, 1.165) is 6.20 Å². The van der Waals surface area contributed by atoms with Gasteiger partial charge in [0.25, 0.3) is 0 Å². The molecule has 0 aliphatic carbocycles. The van der Waals surface area contributed by atoms with Crippen molar-refractivity contribution in [3.63, 3.8) is 0 Å². The topological polar surface area (TPSA) is 88.8 Å². The van der Waals surface area contributed by atoms with E-state index in [4.69, 9.17) is 0 Å². The van der Waals surface area contributed by atoms with E-state index >= 15 is 0 Å². The predicted molar refractivity (Wildman–Crippen MR) is 105 cm³/mol. The highest BCUT2D eigenvalue weighted by molar-refractivity contribution is 5.90. The van der Waals surface area contributed by atoms with Crippen molar-refractivity contribution in [2.24, 2.45) is 0 Å². The van der Waals surface area contributed by atoms with Crippen LogP contribution in [0.3, 0.4) is 0 Å². The molecule has 0 radical (unpaired) electrons. The summed E-state index contributed by atoms with van der Waals surface area (Å²) in [5, 5.41) is 16.9. The van der Waals surface area contributed by atoms with Gasteiger partial charge in [-0.05, 0) is 38.1 Å². The number of hydrogen-bond acceptors (Lipinski definition) is 6. The highest BCUT2D eigenvalue weighted by Gasteiger charge is 2.16. The number of aliphatic hydroxyl groups is 1. The second kappa shape index (κ2) is 7.51. The lowest BCUT2D eigenvalue weighted by Gasteiger charge is -2.13. The van der Waals surface area contributed by atoms with Crippen LogP contribution in [0.25, 0.3) is 22.4 Å². The van der Waals surface area contributed by atoms with Gasteiger partial charge in [0, 0.05) is 17.6 Å². The first-order chi connectivity index (χ1) is 13.9. The summed E-state index contributed by atoms with van der Waals surface area (Å²) in [7, 11) is 0. The number of aliphatic hydroxyl groups excluding tert-OH is 1. The first-order valence-electron chi connectivity index (χ1n) is 8.97. The Morgan fingerprint density at radius 3 is 2.76 bits per heavy atom. The minimum absolute atomic E-state index is 0.119. The smallest absolute Gasteiger partial charge is 0.167 e. The second-order valence-electron chi connectivity index (χ2n) is 6.73. The third kappa shape index (κ3) is 3.77. The van der Waals surface area contributed by atoms with Gasteiger partial charge in [-0.15, -0.1) is 0 Å². The van der Waals surface area contributed by atoms with Crippen molar-refractivity contribution in [3.05, 3.63) is 60.2 Å². The van der Waals surface area contributed by atoms with Gasteiger partial charge < -0.3 is 10.4 Å². The largest absolute Gasteiger partial charge is 0.391 e. The monoisotopic (exact) mass is 396 g/mol. The van der Waals surface area contributed by atoms with Crippen LogP contribution in [-0.4, -0.2) is 35.9 Å². The number of hydrogen-bond donors (Lipinski definition) is 2. The van der Waals surface area contributed by atoms with Gasteiger partial charge in [0.05, 0.1) is 30.7 Å². The Morgan fingerprint density at radius 1 is 1.14 bits per heavy atom. The number of aryl methyl sites for hydroxylation is 1. The third-order valence-electron chi connectivity index (χ3n) is 4.31. The maximum absolute atomic E-state index is 14.6. The molecule has 29 heavy (non-hydrogen) atoms. The molecule has 9 heteroatoms. The van der Waals surface area contributed by atoms with Crippen LogP contribution < -0.4 is 5.32 Å². The Balaban J connectivity index is 1.77. The van der Waals surface area contributed by atoms with Crippen molar-refractivity contribution in [1.29, 1.82) is 0 Å². The Bertz CT molecular complexity index is 1190. The maximum Gasteiger partial charge on any atom is 0.167 e. The molecule has 4 aromatic rings. The summed E-state index contributed by atoms with van der Waals surface area (Å²) < 4.78 is 30.3. The molecule has 0 fully saturated rings. The van der Waals surface area contributed by atoms with E-state index in [0.29, 0.717) is 28.1 Å². The first-order valence-corrected chi connectivity index (χ1v) is 8.97. The van der Waals surface area contributed by atoms with Crippen molar-refractivity contribution in [1.82, 2.24) is 24.7 Å². The Hall–Kier alpha value is -3.46. The number of halogens is 2. The normalized spacial score (nSPS) is 12.3. The van der Waals surface area contributed by atoms with E-state index in [1.807, 2.05) is 0 Å². The zero-order chi connectivity index (χ0) is 20.5. The van der Waals surface area contributed by atoms with Crippen LogP contribution in [0.5, 0.6) is 0 Å². The van der Waals surface area contributed by atoms with Crippen LogP contribution in [-0.2, 0) is 6.54 Å². The molecule has 0 saturated carbocycles. The standard InChI is InChI=1S/C20H18F2N6O/c1-11-3-4-14(21)18(26-11)16-7-13(5-6-23-16)27-19-15(22)8-24-17-9-25-28(20(17)19)10-12(2)29/h3-9,12,29H,10H2,1-2H3,(H,23,24,27). The molecule has 0 aromatic carbocycles. The van der Waals surface area contributed by atoms with Crippen molar-refractivity contribution >= 4 is 22.4 Å². The van der Waals surface area contributed by atoms with Gasteiger partial charge in [-0.3, -0.25) is 9.67 Å². The maximum atomic E-state index is 14.6. The molecule has 0 bridgehead atoms. The summed E-state index contributed by atoms with van der Waals surface area (Å²) in [6.45, 7) is 3.56. The molecule has 7 nitrogen and oxygen atoms in total. The molecule has 4 rings (SSSR count). The lowest BCUT2D eigenvalue weighted by Crippen LogP contribution is -2.13. The van der Waals surface area contributed by atoms with E-state index in [1.165, 1.54) is 23.1 Å². The second-order valence-corrected chi connectivity index (χ2v) is 6.73. The molecule has 0 spiro atoms. The Morgan fingerprint density at radius 2 is 1.97 bits per heavy atom. The zero-order valence-electron chi connectivity index (χ0n) is 15.8. The van der Waals surface area contributed by atoms with E-state index in [1.54, 1.807) is 32.0 Å². The van der Waals surface area contributed by atoms with Gasteiger partial charge in [0.15, 0.2) is 11.6 Å². The number of rotatable bonds is 5. The third-order valence-corrected chi connectivity index (χ3v) is 4.31. The molecule has 4 heterocycles. The molecule has 0 aliphatic heterocycles. The molecule has 0 amide bonds. The van der Waals surface area contributed by atoms with Crippen molar-refractivity contribution in [2.75, 3.05) is 5.32 Å². The Labute approximate surface area is 165 Å². The zero-order valence-corrected chi connectivity index (χ0v) is 15.8. The highest BCUT2D eigenvalue weighted by Crippen LogP contribution is 2.30. The van der Waals surface area contributed by atoms with Crippen LogP contribution >= 0.6 is 0 Å². The van der Waals surface area contributed by atoms with Gasteiger partial charge in [-0.1, -0.05) is 0 Å². The van der Waals surface area contributed by atoms with Crippen molar-refractivity contribution in [2.45, 2.75) is 26.5 Å². The average Bonchev–Trinajstić information content (AvgIpc) is 3.08. The summed E-state index contributed by atoms with van der Waals surface area (Å²) in [4.78, 5) is 12.4. The van der Waals surface area contributed by atoms with Crippen LogP contribution in [0.2, 0.25) is 0 Å². The lowest BCUT2D eigenvalue weighted by molar-refractivity contribution is 0.170. The van der Waals surface area contributed by atoms with Crippen molar-refractivity contribution < 1.29 is 13.9 Å². The molecule has 4 aromatic heterocycles. The molecular formula is C20H18F2N6O. The van der Waals surface area contributed by atoms with Crippen LogP contribution in [0, 0.1) is 18.6 Å². The number of fused-ring (bicyclic) bond motifs is 1. The first kappa shape index (κ1) is 18.9. The number of pyridine rings is 3. The Kier molecular flexibility index (Phi) is 4.89. The van der Waals surface area contributed by atoms with E-state index in [9.17, 15) is 13.9 Å². The van der Waals surface area contributed by atoms with Gasteiger partial charge >= 0.3 is 0 Å². The van der Waals surface area contributed by atoms with Crippen molar-refractivity contribution in [3.8, 4) is 11.4 Å². The van der Waals surface area contributed by atoms with Crippen LogP contribution in [0.1, 0.15) is 12.6 Å². The number of aromatic nitrogens is 5. The summed E-state index contributed by atoms with van der Waals surface area (Å²) in [5.41, 5.74) is 2.65. The SMILES string of the molecule is Cc1ccc(F)c(-c2cc(Nc3c(F)cnc4cnn(CC(C)O)c34)ccn2)n1.